The molecule has 1 aromatic heterocycles. The van der Waals surface area contributed by atoms with E-state index in [1.165, 1.54) is 0 Å². The fourth-order valence-electron chi connectivity index (χ4n) is 2.41. The second kappa shape index (κ2) is 4.66. The van der Waals surface area contributed by atoms with Gasteiger partial charge in [0.25, 0.3) is 0 Å². The number of hydrogen-bond donors (Lipinski definition) is 1. The highest BCUT2D eigenvalue weighted by Gasteiger charge is 2.27. The Kier molecular flexibility index (Phi) is 2.98. The minimum absolute atomic E-state index is 0.0272. The Morgan fingerprint density at radius 1 is 1.42 bits per heavy atom. The van der Waals surface area contributed by atoms with Crippen molar-refractivity contribution in [2.24, 2.45) is 11.7 Å². The lowest BCUT2D eigenvalue weighted by Gasteiger charge is -2.24. The van der Waals surface area contributed by atoms with Gasteiger partial charge in [-0.05, 0) is 24.5 Å². The maximum Gasteiger partial charge on any atom is 0.181 e. The van der Waals surface area contributed by atoms with E-state index in [1.807, 2.05) is 28.9 Å². The third-order valence-electron chi connectivity index (χ3n) is 3.74. The number of benzene rings is 1. The fourth-order valence-corrected chi connectivity index (χ4v) is 2.41. The third kappa shape index (κ3) is 2.10. The van der Waals surface area contributed by atoms with E-state index in [1.54, 1.807) is 7.11 Å². The first-order valence-electron chi connectivity index (χ1n) is 6.54. The summed E-state index contributed by atoms with van der Waals surface area (Å²) in [5, 5.41) is 4.55. The summed E-state index contributed by atoms with van der Waals surface area (Å²) >= 11 is 0. The molecule has 0 saturated carbocycles. The normalized spacial score (nSPS) is 22.1. The number of aromatic nitrogens is 3. The van der Waals surface area contributed by atoms with E-state index in [9.17, 15) is 0 Å². The second-order valence-corrected chi connectivity index (χ2v) is 5.04. The van der Waals surface area contributed by atoms with Crippen molar-refractivity contribution < 1.29 is 4.74 Å². The zero-order valence-electron chi connectivity index (χ0n) is 11.2. The van der Waals surface area contributed by atoms with Crippen molar-refractivity contribution in [1.29, 1.82) is 0 Å². The summed E-state index contributed by atoms with van der Waals surface area (Å²) in [5.41, 5.74) is 7.15. The smallest absolute Gasteiger partial charge is 0.181 e. The lowest BCUT2D eigenvalue weighted by molar-refractivity contribution is 0.323. The van der Waals surface area contributed by atoms with Gasteiger partial charge >= 0.3 is 0 Å². The van der Waals surface area contributed by atoms with Gasteiger partial charge in [0.05, 0.1) is 13.2 Å². The SMILES string of the molecule is COc1cccc(-c2nc3n(n2)CCC(C)C3N)c1. The molecule has 1 aliphatic rings. The third-order valence-corrected chi connectivity index (χ3v) is 3.74. The molecule has 0 spiro atoms. The average Bonchev–Trinajstić information content (AvgIpc) is 2.88. The van der Waals surface area contributed by atoms with Gasteiger partial charge in [-0.25, -0.2) is 9.67 Å². The molecule has 100 valence electrons. The van der Waals surface area contributed by atoms with Crippen LogP contribution in [-0.4, -0.2) is 21.9 Å². The van der Waals surface area contributed by atoms with Crippen LogP contribution >= 0.6 is 0 Å². The first kappa shape index (κ1) is 12.2. The predicted octanol–water partition coefficient (Wildman–Crippen LogP) is 1.99. The summed E-state index contributed by atoms with van der Waals surface area (Å²) < 4.78 is 7.16. The van der Waals surface area contributed by atoms with E-state index in [-0.39, 0.29) is 6.04 Å². The van der Waals surface area contributed by atoms with Gasteiger partial charge in [0.15, 0.2) is 5.82 Å². The molecule has 2 atom stereocenters. The average molecular weight is 258 g/mol. The van der Waals surface area contributed by atoms with Crippen molar-refractivity contribution in [1.82, 2.24) is 14.8 Å². The van der Waals surface area contributed by atoms with Crippen molar-refractivity contribution >= 4 is 0 Å². The number of aryl methyl sites for hydroxylation is 1. The number of methoxy groups -OCH3 is 1. The molecule has 0 saturated heterocycles. The Morgan fingerprint density at radius 2 is 2.26 bits per heavy atom. The van der Waals surface area contributed by atoms with Crippen molar-refractivity contribution in [2.75, 3.05) is 7.11 Å². The van der Waals surface area contributed by atoms with Crippen LogP contribution in [0.3, 0.4) is 0 Å². The molecule has 2 aromatic rings. The van der Waals surface area contributed by atoms with Crippen molar-refractivity contribution in [3.63, 3.8) is 0 Å². The molecule has 0 bridgehead atoms. The molecule has 3 rings (SSSR count). The van der Waals surface area contributed by atoms with E-state index in [2.05, 4.69) is 17.0 Å². The number of nitrogens with zero attached hydrogens (tertiary/aromatic N) is 3. The minimum Gasteiger partial charge on any atom is -0.497 e. The van der Waals surface area contributed by atoms with Crippen LogP contribution in [-0.2, 0) is 6.54 Å². The zero-order chi connectivity index (χ0) is 13.4. The molecule has 0 radical (unpaired) electrons. The molecule has 1 aromatic carbocycles. The van der Waals surface area contributed by atoms with Gasteiger partial charge in [0.1, 0.15) is 11.6 Å². The number of ether oxygens (including phenoxy) is 1. The first-order chi connectivity index (χ1) is 9.19. The maximum atomic E-state index is 6.19. The largest absolute Gasteiger partial charge is 0.497 e. The Bertz CT molecular complexity index is 593. The van der Waals surface area contributed by atoms with Gasteiger partial charge in [0.2, 0.25) is 0 Å². The van der Waals surface area contributed by atoms with Crippen LogP contribution in [0, 0.1) is 5.92 Å². The highest BCUT2D eigenvalue weighted by Crippen LogP contribution is 2.29. The van der Waals surface area contributed by atoms with E-state index in [0.717, 1.165) is 35.9 Å². The Labute approximate surface area is 112 Å². The molecule has 19 heavy (non-hydrogen) atoms. The van der Waals surface area contributed by atoms with Gasteiger partial charge in [-0.15, -0.1) is 0 Å². The Balaban J connectivity index is 2.00. The number of hydrogen-bond acceptors (Lipinski definition) is 4. The highest BCUT2D eigenvalue weighted by molar-refractivity contribution is 5.57. The summed E-state index contributed by atoms with van der Waals surface area (Å²) in [6.07, 6.45) is 1.05. The summed E-state index contributed by atoms with van der Waals surface area (Å²) in [6.45, 7) is 3.05. The summed E-state index contributed by atoms with van der Waals surface area (Å²) in [4.78, 5) is 4.60. The van der Waals surface area contributed by atoms with Crippen LogP contribution in [0.15, 0.2) is 24.3 Å². The van der Waals surface area contributed by atoms with Crippen molar-refractivity contribution in [3.05, 3.63) is 30.1 Å². The topological polar surface area (TPSA) is 66.0 Å². The molecule has 2 heterocycles. The molecule has 0 amide bonds. The molecule has 1 aliphatic heterocycles. The molecule has 5 heteroatoms. The standard InChI is InChI=1S/C14H18N4O/c1-9-6-7-18-14(12(9)15)16-13(17-18)10-4-3-5-11(8-10)19-2/h3-5,8-9,12H,6-7,15H2,1-2H3. The molecule has 2 unspecified atom stereocenters. The summed E-state index contributed by atoms with van der Waals surface area (Å²) in [6, 6.07) is 7.75. The molecular formula is C14H18N4O. The number of fused-ring (bicyclic) bond motifs is 1. The molecule has 0 fully saturated rings. The molecule has 2 N–H and O–H groups in total. The van der Waals surface area contributed by atoms with Crippen LogP contribution in [0.4, 0.5) is 0 Å². The molecule has 0 aliphatic carbocycles. The zero-order valence-corrected chi connectivity index (χ0v) is 11.2. The maximum absolute atomic E-state index is 6.19. The van der Waals surface area contributed by atoms with Gasteiger partial charge in [-0.2, -0.15) is 5.10 Å². The molecular weight excluding hydrogens is 240 g/mol. The minimum atomic E-state index is -0.0272. The van der Waals surface area contributed by atoms with Gasteiger partial charge in [-0.1, -0.05) is 19.1 Å². The van der Waals surface area contributed by atoms with E-state index >= 15 is 0 Å². The number of nitrogens with two attached hydrogens (primary N) is 1. The lowest BCUT2D eigenvalue weighted by Crippen LogP contribution is -2.29. The predicted molar refractivity (Wildman–Crippen MR) is 72.7 cm³/mol. The fraction of sp³-hybridized carbons (Fsp3) is 0.429. The first-order valence-corrected chi connectivity index (χ1v) is 6.54. The van der Waals surface area contributed by atoms with Gasteiger partial charge < -0.3 is 10.5 Å². The van der Waals surface area contributed by atoms with Crippen LogP contribution in [0.1, 0.15) is 25.2 Å². The van der Waals surface area contributed by atoms with E-state index in [4.69, 9.17) is 10.5 Å². The Morgan fingerprint density at radius 3 is 3.05 bits per heavy atom. The van der Waals surface area contributed by atoms with Crippen LogP contribution in [0.5, 0.6) is 5.75 Å². The number of rotatable bonds is 2. The highest BCUT2D eigenvalue weighted by atomic mass is 16.5. The van der Waals surface area contributed by atoms with Crippen LogP contribution < -0.4 is 10.5 Å². The Hall–Kier alpha value is -1.88. The summed E-state index contributed by atoms with van der Waals surface area (Å²) in [7, 11) is 1.66. The quantitative estimate of drug-likeness (QED) is 0.894. The molecule has 5 nitrogen and oxygen atoms in total. The van der Waals surface area contributed by atoms with Crippen LogP contribution in [0.2, 0.25) is 0 Å². The van der Waals surface area contributed by atoms with Crippen molar-refractivity contribution in [3.8, 4) is 17.1 Å². The summed E-state index contributed by atoms with van der Waals surface area (Å²) in [5.74, 6) is 2.87. The van der Waals surface area contributed by atoms with E-state index < -0.39 is 0 Å². The van der Waals surface area contributed by atoms with Crippen molar-refractivity contribution in [2.45, 2.75) is 25.9 Å². The second-order valence-electron chi connectivity index (χ2n) is 5.04. The van der Waals surface area contributed by atoms with Gasteiger partial charge in [-0.3, -0.25) is 0 Å². The lowest BCUT2D eigenvalue weighted by atomic mass is 9.95. The monoisotopic (exact) mass is 258 g/mol. The van der Waals surface area contributed by atoms with Crippen LogP contribution in [0.25, 0.3) is 11.4 Å². The van der Waals surface area contributed by atoms with Gasteiger partial charge in [0, 0.05) is 12.1 Å². The van der Waals surface area contributed by atoms with E-state index in [0.29, 0.717) is 5.92 Å².